The van der Waals surface area contributed by atoms with Gasteiger partial charge in [0.05, 0.1) is 5.92 Å². The van der Waals surface area contributed by atoms with Crippen LogP contribution in [0.25, 0.3) is 11.4 Å². The summed E-state index contributed by atoms with van der Waals surface area (Å²) in [6, 6.07) is 8.20. The minimum absolute atomic E-state index is 0.238. The summed E-state index contributed by atoms with van der Waals surface area (Å²) < 4.78 is 6.45. The second-order valence-electron chi connectivity index (χ2n) is 4.56. The van der Waals surface area contributed by atoms with Crippen molar-refractivity contribution in [3.63, 3.8) is 0 Å². The van der Waals surface area contributed by atoms with Crippen molar-refractivity contribution in [1.29, 1.82) is 0 Å². The molecule has 2 atom stereocenters. The Morgan fingerprint density at radius 2 is 2.00 bits per heavy atom. The van der Waals surface area contributed by atoms with Gasteiger partial charge in [0.1, 0.15) is 0 Å². The quantitative estimate of drug-likeness (QED) is 0.913. The summed E-state index contributed by atoms with van der Waals surface area (Å²) in [7, 11) is 1.94. The van der Waals surface area contributed by atoms with Crippen molar-refractivity contribution in [3.8, 4) is 11.4 Å². The van der Waals surface area contributed by atoms with E-state index in [0.717, 1.165) is 16.5 Å². The third kappa shape index (κ3) is 3.22. The van der Waals surface area contributed by atoms with Gasteiger partial charge in [-0.05, 0) is 44.7 Å². The van der Waals surface area contributed by atoms with E-state index in [1.165, 1.54) is 0 Å². The smallest absolute Gasteiger partial charge is 0.231 e. The minimum atomic E-state index is 0.238. The third-order valence-corrected chi connectivity index (χ3v) is 3.89. The number of halogens is 1. The van der Waals surface area contributed by atoms with Crippen molar-refractivity contribution >= 4 is 15.9 Å². The molecule has 19 heavy (non-hydrogen) atoms. The number of hydrogen-bond acceptors (Lipinski definition) is 4. The number of benzene rings is 1. The van der Waals surface area contributed by atoms with Crippen LogP contribution in [0.15, 0.2) is 33.3 Å². The highest BCUT2D eigenvalue weighted by Crippen LogP contribution is 2.25. The average molecular weight is 324 g/mol. The largest absolute Gasteiger partial charge is 0.339 e. The Bertz CT molecular complexity index is 524. The van der Waals surface area contributed by atoms with Gasteiger partial charge >= 0.3 is 0 Å². The van der Waals surface area contributed by atoms with Crippen LogP contribution in [0.3, 0.4) is 0 Å². The maximum Gasteiger partial charge on any atom is 0.231 e. The standard InChI is InChI=1S/C14H18BrN3O/c1-4-12(9(2)16-3)14-17-13(18-19-14)10-5-7-11(15)8-6-10/h5-9,12,16H,4H2,1-3H3. The van der Waals surface area contributed by atoms with E-state index in [-0.39, 0.29) is 5.92 Å². The van der Waals surface area contributed by atoms with E-state index >= 15 is 0 Å². The molecule has 1 aromatic heterocycles. The first kappa shape index (κ1) is 14.2. The third-order valence-electron chi connectivity index (χ3n) is 3.36. The Morgan fingerprint density at radius 3 is 2.58 bits per heavy atom. The summed E-state index contributed by atoms with van der Waals surface area (Å²) in [5.74, 6) is 1.58. The SMILES string of the molecule is CCC(c1nc(-c2ccc(Br)cc2)no1)C(C)NC. The predicted molar refractivity (Wildman–Crippen MR) is 79.0 cm³/mol. The van der Waals surface area contributed by atoms with Crippen LogP contribution in [0, 0.1) is 0 Å². The van der Waals surface area contributed by atoms with Gasteiger partial charge in [-0.3, -0.25) is 0 Å². The van der Waals surface area contributed by atoms with E-state index in [1.54, 1.807) is 0 Å². The van der Waals surface area contributed by atoms with Crippen LogP contribution >= 0.6 is 15.9 Å². The first-order chi connectivity index (χ1) is 9.15. The molecule has 0 spiro atoms. The highest BCUT2D eigenvalue weighted by Gasteiger charge is 2.22. The summed E-state index contributed by atoms with van der Waals surface area (Å²) in [4.78, 5) is 4.52. The van der Waals surface area contributed by atoms with Crippen LogP contribution in [0.2, 0.25) is 0 Å². The van der Waals surface area contributed by atoms with Gasteiger partial charge in [-0.2, -0.15) is 4.98 Å². The molecule has 1 aromatic carbocycles. The van der Waals surface area contributed by atoms with Gasteiger partial charge in [0.2, 0.25) is 11.7 Å². The number of likely N-dealkylation sites (N-methyl/N-ethyl adjacent to an activating group) is 1. The lowest BCUT2D eigenvalue weighted by molar-refractivity contribution is 0.322. The molecule has 4 nitrogen and oxygen atoms in total. The van der Waals surface area contributed by atoms with E-state index in [9.17, 15) is 0 Å². The fourth-order valence-corrected chi connectivity index (χ4v) is 2.31. The second kappa shape index (κ2) is 6.30. The number of aromatic nitrogens is 2. The molecule has 1 N–H and O–H groups in total. The van der Waals surface area contributed by atoms with Crippen molar-refractivity contribution in [3.05, 3.63) is 34.6 Å². The Balaban J connectivity index is 2.25. The van der Waals surface area contributed by atoms with Crippen LogP contribution in [-0.2, 0) is 0 Å². The van der Waals surface area contributed by atoms with Crippen LogP contribution in [-0.4, -0.2) is 23.2 Å². The molecule has 0 saturated heterocycles. The van der Waals surface area contributed by atoms with E-state index in [2.05, 4.69) is 45.2 Å². The highest BCUT2D eigenvalue weighted by atomic mass is 79.9. The van der Waals surface area contributed by atoms with Gasteiger partial charge in [0, 0.05) is 16.1 Å². The molecule has 2 unspecified atom stereocenters. The van der Waals surface area contributed by atoms with Crippen molar-refractivity contribution in [1.82, 2.24) is 15.5 Å². The fraction of sp³-hybridized carbons (Fsp3) is 0.429. The lowest BCUT2D eigenvalue weighted by Crippen LogP contribution is -2.28. The predicted octanol–water partition coefficient (Wildman–Crippen LogP) is 3.60. The topological polar surface area (TPSA) is 51.0 Å². The Hall–Kier alpha value is -1.20. The molecule has 2 rings (SSSR count). The maximum absolute atomic E-state index is 5.41. The maximum atomic E-state index is 5.41. The van der Waals surface area contributed by atoms with Crippen molar-refractivity contribution < 1.29 is 4.52 Å². The molecular formula is C14H18BrN3O. The van der Waals surface area contributed by atoms with Gasteiger partial charge in [-0.1, -0.05) is 28.0 Å². The van der Waals surface area contributed by atoms with Gasteiger partial charge in [-0.25, -0.2) is 0 Å². The molecular weight excluding hydrogens is 306 g/mol. The molecule has 0 radical (unpaired) electrons. The normalized spacial score (nSPS) is 14.3. The molecule has 1 heterocycles. The van der Waals surface area contributed by atoms with Crippen LogP contribution in [0.1, 0.15) is 32.1 Å². The number of rotatable bonds is 5. The lowest BCUT2D eigenvalue weighted by atomic mass is 9.98. The molecule has 2 aromatic rings. The van der Waals surface area contributed by atoms with E-state index in [0.29, 0.717) is 17.8 Å². The molecule has 102 valence electrons. The molecule has 0 bridgehead atoms. The van der Waals surface area contributed by atoms with Gasteiger partial charge < -0.3 is 9.84 Å². The molecule has 0 saturated carbocycles. The summed E-state index contributed by atoms with van der Waals surface area (Å²) >= 11 is 3.41. The number of hydrogen-bond donors (Lipinski definition) is 1. The van der Waals surface area contributed by atoms with Gasteiger partial charge in [-0.15, -0.1) is 0 Å². The minimum Gasteiger partial charge on any atom is -0.339 e. The lowest BCUT2D eigenvalue weighted by Gasteiger charge is -2.17. The zero-order valence-electron chi connectivity index (χ0n) is 11.4. The summed E-state index contributed by atoms with van der Waals surface area (Å²) in [6.45, 7) is 4.25. The number of nitrogens with zero attached hydrogens (tertiary/aromatic N) is 2. The van der Waals surface area contributed by atoms with Crippen molar-refractivity contribution in [2.45, 2.75) is 32.2 Å². The summed E-state index contributed by atoms with van der Waals surface area (Å²) in [5.41, 5.74) is 0.963. The summed E-state index contributed by atoms with van der Waals surface area (Å²) in [5, 5.41) is 7.31. The fourth-order valence-electron chi connectivity index (χ4n) is 2.05. The molecule has 0 aliphatic heterocycles. The van der Waals surface area contributed by atoms with Crippen LogP contribution < -0.4 is 5.32 Å². The zero-order chi connectivity index (χ0) is 13.8. The van der Waals surface area contributed by atoms with Crippen molar-refractivity contribution in [2.75, 3.05) is 7.05 Å². The van der Waals surface area contributed by atoms with E-state index in [4.69, 9.17) is 4.52 Å². The van der Waals surface area contributed by atoms with Crippen LogP contribution in [0.4, 0.5) is 0 Å². The number of nitrogens with one attached hydrogen (secondary N) is 1. The monoisotopic (exact) mass is 323 g/mol. The van der Waals surface area contributed by atoms with E-state index < -0.39 is 0 Å². The summed E-state index contributed by atoms with van der Waals surface area (Å²) in [6.07, 6.45) is 0.962. The van der Waals surface area contributed by atoms with Gasteiger partial charge in [0.15, 0.2) is 0 Å². The molecule has 0 amide bonds. The van der Waals surface area contributed by atoms with Crippen molar-refractivity contribution in [2.24, 2.45) is 0 Å². The second-order valence-corrected chi connectivity index (χ2v) is 5.47. The van der Waals surface area contributed by atoms with E-state index in [1.807, 2.05) is 31.3 Å². The average Bonchev–Trinajstić information content (AvgIpc) is 2.89. The Kier molecular flexibility index (Phi) is 4.71. The molecule has 0 fully saturated rings. The van der Waals surface area contributed by atoms with Gasteiger partial charge in [0.25, 0.3) is 0 Å². The molecule has 0 aliphatic rings. The zero-order valence-corrected chi connectivity index (χ0v) is 12.9. The molecule has 0 aliphatic carbocycles. The highest BCUT2D eigenvalue weighted by molar-refractivity contribution is 9.10. The Morgan fingerprint density at radius 1 is 1.32 bits per heavy atom. The first-order valence-corrected chi connectivity index (χ1v) is 7.21. The Labute approximate surface area is 121 Å². The first-order valence-electron chi connectivity index (χ1n) is 6.42. The van der Waals surface area contributed by atoms with Crippen LogP contribution in [0.5, 0.6) is 0 Å². The molecule has 5 heteroatoms.